The molecule has 5 N–H and O–H groups in total. The molecular formula is C15H21N3O2. The summed E-state index contributed by atoms with van der Waals surface area (Å²) in [7, 11) is 0. The number of hydrogen-bond acceptors (Lipinski definition) is 3. The maximum Gasteiger partial charge on any atom is 0.224 e. The van der Waals surface area contributed by atoms with E-state index in [2.05, 4.69) is 5.32 Å². The maximum absolute atomic E-state index is 12.0. The van der Waals surface area contributed by atoms with Gasteiger partial charge >= 0.3 is 0 Å². The molecule has 0 saturated heterocycles. The van der Waals surface area contributed by atoms with Gasteiger partial charge in [0.2, 0.25) is 11.8 Å². The molecule has 1 aromatic carbocycles. The summed E-state index contributed by atoms with van der Waals surface area (Å²) >= 11 is 0. The summed E-state index contributed by atoms with van der Waals surface area (Å²) in [5.41, 5.74) is 12.6. The van der Waals surface area contributed by atoms with Gasteiger partial charge in [-0.2, -0.15) is 0 Å². The Morgan fingerprint density at radius 2 is 1.90 bits per heavy atom. The second-order valence-electron chi connectivity index (χ2n) is 5.44. The second kappa shape index (κ2) is 6.41. The number of rotatable bonds is 4. The topological polar surface area (TPSA) is 98.2 Å². The number of nitrogens with one attached hydrogen (secondary N) is 1. The van der Waals surface area contributed by atoms with Crippen LogP contribution in [0, 0.1) is 5.92 Å². The fourth-order valence-corrected chi connectivity index (χ4v) is 2.69. The molecule has 5 nitrogen and oxygen atoms in total. The molecule has 0 aliphatic heterocycles. The van der Waals surface area contributed by atoms with Crippen molar-refractivity contribution in [3.05, 3.63) is 29.8 Å². The molecule has 1 fully saturated rings. The average Bonchev–Trinajstić information content (AvgIpc) is 2.39. The molecule has 0 heterocycles. The van der Waals surface area contributed by atoms with Gasteiger partial charge in [-0.25, -0.2) is 0 Å². The highest BCUT2D eigenvalue weighted by Gasteiger charge is 2.25. The third-order valence-electron chi connectivity index (χ3n) is 3.81. The Bertz CT molecular complexity index is 494. The van der Waals surface area contributed by atoms with E-state index < -0.39 is 0 Å². The minimum Gasteiger partial charge on any atom is -0.399 e. The third-order valence-corrected chi connectivity index (χ3v) is 3.81. The number of carbonyl (C=O) groups is 2. The van der Waals surface area contributed by atoms with E-state index >= 15 is 0 Å². The Kier molecular flexibility index (Phi) is 4.61. The van der Waals surface area contributed by atoms with Gasteiger partial charge in [0, 0.05) is 17.6 Å². The van der Waals surface area contributed by atoms with Crippen LogP contribution >= 0.6 is 0 Å². The van der Waals surface area contributed by atoms with E-state index in [9.17, 15) is 9.59 Å². The summed E-state index contributed by atoms with van der Waals surface area (Å²) < 4.78 is 0. The first-order valence-corrected chi connectivity index (χ1v) is 6.97. The second-order valence-corrected chi connectivity index (χ2v) is 5.44. The van der Waals surface area contributed by atoms with Gasteiger partial charge in [-0.3, -0.25) is 9.59 Å². The third kappa shape index (κ3) is 3.98. The first-order chi connectivity index (χ1) is 9.54. The number of nitrogen functional groups attached to an aromatic ring is 1. The molecule has 1 saturated carbocycles. The lowest BCUT2D eigenvalue weighted by Gasteiger charge is -2.27. The first kappa shape index (κ1) is 14.4. The largest absolute Gasteiger partial charge is 0.399 e. The number of amides is 2. The molecule has 0 unspecified atom stereocenters. The summed E-state index contributed by atoms with van der Waals surface area (Å²) in [6.07, 6.45) is 3.49. The zero-order valence-electron chi connectivity index (χ0n) is 11.5. The van der Waals surface area contributed by atoms with Gasteiger partial charge in [0.1, 0.15) is 0 Å². The summed E-state index contributed by atoms with van der Waals surface area (Å²) in [4.78, 5) is 23.0. The lowest BCUT2D eigenvalue weighted by atomic mass is 9.85. The van der Waals surface area contributed by atoms with E-state index in [0.717, 1.165) is 31.2 Å². The van der Waals surface area contributed by atoms with Gasteiger partial charge < -0.3 is 16.8 Å². The number of benzene rings is 1. The van der Waals surface area contributed by atoms with Crippen molar-refractivity contribution in [1.29, 1.82) is 0 Å². The van der Waals surface area contributed by atoms with Crippen LogP contribution in [-0.4, -0.2) is 17.9 Å². The Balaban J connectivity index is 1.80. The standard InChI is InChI=1S/C15H21N3O2/c16-12-3-1-2-10(8-12)9-14(19)18-13-6-4-11(5-7-13)15(17)20/h1-3,8,11,13H,4-7,9,16H2,(H2,17,20)(H,18,19). The Labute approximate surface area is 118 Å². The van der Waals surface area contributed by atoms with Crippen LogP contribution in [0.25, 0.3) is 0 Å². The molecule has 0 bridgehead atoms. The number of hydrogen-bond donors (Lipinski definition) is 3. The maximum atomic E-state index is 12.0. The number of nitrogens with two attached hydrogens (primary N) is 2. The Hall–Kier alpha value is -2.04. The lowest BCUT2D eigenvalue weighted by molar-refractivity contribution is -0.123. The quantitative estimate of drug-likeness (QED) is 0.714. The van der Waals surface area contributed by atoms with Crippen LogP contribution < -0.4 is 16.8 Å². The number of carbonyl (C=O) groups excluding carboxylic acids is 2. The fraction of sp³-hybridized carbons (Fsp3) is 0.467. The van der Waals surface area contributed by atoms with Crippen LogP contribution in [-0.2, 0) is 16.0 Å². The van der Waals surface area contributed by atoms with Crippen LogP contribution in [0.1, 0.15) is 31.2 Å². The molecule has 2 amide bonds. The predicted octanol–water partition coefficient (Wildman–Crippen LogP) is 0.972. The van der Waals surface area contributed by atoms with Crippen molar-refractivity contribution in [1.82, 2.24) is 5.32 Å². The van der Waals surface area contributed by atoms with Crippen molar-refractivity contribution in [2.45, 2.75) is 38.1 Å². The summed E-state index contributed by atoms with van der Waals surface area (Å²) in [5.74, 6) is -0.260. The van der Waals surface area contributed by atoms with Crippen LogP contribution in [0.3, 0.4) is 0 Å². The van der Waals surface area contributed by atoms with Crippen molar-refractivity contribution in [3.63, 3.8) is 0 Å². The van der Waals surface area contributed by atoms with E-state index in [-0.39, 0.29) is 23.8 Å². The van der Waals surface area contributed by atoms with E-state index in [1.54, 1.807) is 6.07 Å². The van der Waals surface area contributed by atoms with Gasteiger partial charge in [-0.1, -0.05) is 12.1 Å². The normalized spacial score (nSPS) is 22.2. The van der Waals surface area contributed by atoms with Gasteiger partial charge in [-0.05, 0) is 43.4 Å². The molecule has 1 aliphatic carbocycles. The van der Waals surface area contributed by atoms with Crippen molar-refractivity contribution < 1.29 is 9.59 Å². The highest BCUT2D eigenvalue weighted by atomic mass is 16.2. The first-order valence-electron chi connectivity index (χ1n) is 6.97. The van der Waals surface area contributed by atoms with Gasteiger partial charge in [0.05, 0.1) is 6.42 Å². The van der Waals surface area contributed by atoms with Crippen LogP contribution in [0.4, 0.5) is 5.69 Å². The molecule has 0 atom stereocenters. The lowest BCUT2D eigenvalue weighted by Crippen LogP contribution is -2.40. The highest BCUT2D eigenvalue weighted by molar-refractivity contribution is 5.79. The molecular weight excluding hydrogens is 254 g/mol. The molecule has 2 rings (SSSR count). The molecule has 108 valence electrons. The highest BCUT2D eigenvalue weighted by Crippen LogP contribution is 2.23. The monoisotopic (exact) mass is 275 g/mol. The Morgan fingerprint density at radius 3 is 2.50 bits per heavy atom. The molecule has 0 spiro atoms. The predicted molar refractivity (Wildman–Crippen MR) is 77.6 cm³/mol. The zero-order chi connectivity index (χ0) is 14.5. The number of primary amides is 1. The summed E-state index contributed by atoms with van der Waals surface area (Å²) in [6, 6.07) is 7.49. The van der Waals surface area contributed by atoms with Crippen molar-refractivity contribution in [3.8, 4) is 0 Å². The minimum absolute atomic E-state index is 0.00174. The van der Waals surface area contributed by atoms with Crippen LogP contribution in [0.5, 0.6) is 0 Å². The number of anilines is 1. The van der Waals surface area contributed by atoms with Gasteiger partial charge in [-0.15, -0.1) is 0 Å². The molecule has 1 aromatic rings. The SMILES string of the molecule is NC(=O)C1CCC(NC(=O)Cc2cccc(N)c2)CC1. The van der Waals surface area contributed by atoms with E-state index in [4.69, 9.17) is 11.5 Å². The van der Waals surface area contributed by atoms with Crippen molar-refractivity contribution >= 4 is 17.5 Å². The molecule has 5 heteroatoms. The average molecular weight is 275 g/mol. The Morgan fingerprint density at radius 1 is 1.20 bits per heavy atom. The molecule has 1 aliphatic rings. The van der Waals surface area contributed by atoms with Crippen LogP contribution in [0.15, 0.2) is 24.3 Å². The van der Waals surface area contributed by atoms with Gasteiger partial charge in [0.15, 0.2) is 0 Å². The smallest absolute Gasteiger partial charge is 0.224 e. The van der Waals surface area contributed by atoms with Crippen molar-refractivity contribution in [2.24, 2.45) is 11.7 Å². The van der Waals surface area contributed by atoms with E-state index in [1.807, 2.05) is 18.2 Å². The van der Waals surface area contributed by atoms with Crippen LogP contribution in [0.2, 0.25) is 0 Å². The fourth-order valence-electron chi connectivity index (χ4n) is 2.69. The van der Waals surface area contributed by atoms with E-state index in [0.29, 0.717) is 12.1 Å². The summed E-state index contributed by atoms with van der Waals surface area (Å²) in [5, 5.41) is 3.01. The zero-order valence-corrected chi connectivity index (χ0v) is 11.5. The molecule has 0 aromatic heterocycles. The minimum atomic E-state index is -0.227. The molecule has 20 heavy (non-hydrogen) atoms. The molecule has 0 radical (unpaired) electrons. The van der Waals surface area contributed by atoms with Crippen molar-refractivity contribution in [2.75, 3.05) is 5.73 Å². The van der Waals surface area contributed by atoms with Gasteiger partial charge in [0.25, 0.3) is 0 Å². The summed E-state index contributed by atoms with van der Waals surface area (Å²) in [6.45, 7) is 0. The van der Waals surface area contributed by atoms with E-state index in [1.165, 1.54) is 0 Å².